The van der Waals surface area contributed by atoms with Crippen molar-refractivity contribution in [2.45, 2.75) is 44.7 Å². The highest BCUT2D eigenvalue weighted by Crippen LogP contribution is 2.20. The van der Waals surface area contributed by atoms with Crippen molar-refractivity contribution >= 4 is 28.0 Å². The van der Waals surface area contributed by atoms with E-state index in [-0.39, 0.29) is 11.6 Å². The van der Waals surface area contributed by atoms with E-state index in [2.05, 4.69) is 21.2 Å². The van der Waals surface area contributed by atoms with Gasteiger partial charge in [-0.2, -0.15) is 0 Å². The number of alkyl halides is 1. The minimum Gasteiger partial charge on any atom is -0.478 e. The molecule has 0 aliphatic rings. The van der Waals surface area contributed by atoms with E-state index in [0.29, 0.717) is 10.9 Å². The van der Waals surface area contributed by atoms with Crippen LogP contribution in [0.4, 0.5) is 4.79 Å². The zero-order chi connectivity index (χ0) is 16.2. The molecule has 1 rings (SSSR count). The van der Waals surface area contributed by atoms with E-state index < -0.39 is 17.7 Å². The predicted molar refractivity (Wildman–Crippen MR) is 83.8 cm³/mol. The predicted octanol–water partition coefficient (Wildman–Crippen LogP) is 3.87. The quantitative estimate of drug-likeness (QED) is 0.802. The first-order valence-electron chi connectivity index (χ1n) is 6.55. The molecule has 0 spiro atoms. The number of rotatable bonds is 4. The highest BCUT2D eigenvalue weighted by Gasteiger charge is 2.19. The second-order valence-electron chi connectivity index (χ2n) is 5.72. The van der Waals surface area contributed by atoms with Crippen LogP contribution in [0.2, 0.25) is 0 Å². The third-order valence-electron chi connectivity index (χ3n) is 2.74. The second kappa shape index (κ2) is 6.93. The van der Waals surface area contributed by atoms with Crippen molar-refractivity contribution in [3.63, 3.8) is 0 Å². The highest BCUT2D eigenvalue weighted by molar-refractivity contribution is 9.08. The van der Waals surface area contributed by atoms with E-state index in [1.165, 1.54) is 0 Å². The summed E-state index contributed by atoms with van der Waals surface area (Å²) in [6.07, 6.45) is -0.502. The van der Waals surface area contributed by atoms with Gasteiger partial charge >= 0.3 is 12.1 Å². The van der Waals surface area contributed by atoms with Crippen molar-refractivity contribution < 1.29 is 19.4 Å². The Morgan fingerprint density at radius 2 is 2.00 bits per heavy atom. The summed E-state index contributed by atoms with van der Waals surface area (Å²) in [5, 5.41) is 12.2. The Hall–Kier alpha value is -1.56. The number of carbonyl (C=O) groups excluding carboxylic acids is 1. The first-order valence-corrected chi connectivity index (χ1v) is 7.68. The maximum absolute atomic E-state index is 11.7. The summed E-state index contributed by atoms with van der Waals surface area (Å²) in [6, 6.07) is 4.72. The summed E-state index contributed by atoms with van der Waals surface area (Å²) in [5.74, 6) is -0.969. The smallest absolute Gasteiger partial charge is 0.408 e. The SMILES string of the molecule is CC(NC(=O)OC(C)(C)C)c1ccc(C(=O)O)c(CBr)c1. The van der Waals surface area contributed by atoms with E-state index in [4.69, 9.17) is 9.84 Å². The van der Waals surface area contributed by atoms with E-state index in [1.54, 1.807) is 39.0 Å². The molecule has 0 fully saturated rings. The fourth-order valence-corrected chi connectivity index (χ4v) is 2.23. The van der Waals surface area contributed by atoms with Gasteiger partial charge in [0.15, 0.2) is 0 Å². The van der Waals surface area contributed by atoms with Gasteiger partial charge in [0.2, 0.25) is 0 Å². The van der Waals surface area contributed by atoms with Crippen LogP contribution in [-0.2, 0) is 10.1 Å². The van der Waals surface area contributed by atoms with Crippen molar-refractivity contribution in [3.8, 4) is 0 Å². The fraction of sp³-hybridized carbons (Fsp3) is 0.467. The Kier molecular flexibility index (Phi) is 5.78. The molecule has 2 N–H and O–H groups in total. The lowest BCUT2D eigenvalue weighted by molar-refractivity contribution is 0.0507. The summed E-state index contributed by atoms with van der Waals surface area (Å²) in [6.45, 7) is 7.20. The van der Waals surface area contributed by atoms with Crippen LogP contribution in [0.3, 0.4) is 0 Å². The van der Waals surface area contributed by atoms with Crippen LogP contribution < -0.4 is 5.32 Å². The number of carboxylic acids is 1. The number of alkyl carbamates (subject to hydrolysis) is 1. The molecule has 0 heterocycles. The minimum atomic E-state index is -0.969. The number of benzene rings is 1. The van der Waals surface area contributed by atoms with Crippen molar-refractivity contribution in [1.29, 1.82) is 0 Å². The average molecular weight is 358 g/mol. The first-order chi connectivity index (χ1) is 9.64. The summed E-state index contributed by atoms with van der Waals surface area (Å²) in [7, 11) is 0. The number of hydrogen-bond donors (Lipinski definition) is 2. The molecule has 0 saturated heterocycles. The summed E-state index contributed by atoms with van der Waals surface area (Å²) < 4.78 is 5.19. The molecule has 1 unspecified atom stereocenters. The van der Waals surface area contributed by atoms with Crippen LogP contribution in [0, 0.1) is 0 Å². The number of nitrogens with one attached hydrogen (secondary N) is 1. The number of aromatic carboxylic acids is 1. The summed E-state index contributed by atoms with van der Waals surface area (Å²) >= 11 is 3.28. The maximum Gasteiger partial charge on any atom is 0.408 e. The lowest BCUT2D eigenvalue weighted by atomic mass is 10.0. The molecule has 0 radical (unpaired) electrons. The molecule has 1 aromatic rings. The molecular weight excluding hydrogens is 338 g/mol. The third kappa shape index (κ3) is 5.38. The van der Waals surface area contributed by atoms with E-state index in [9.17, 15) is 9.59 Å². The molecule has 1 aromatic carbocycles. The van der Waals surface area contributed by atoms with Gasteiger partial charge in [-0.3, -0.25) is 0 Å². The number of ether oxygens (including phenoxy) is 1. The molecule has 1 amide bonds. The number of carboxylic acid groups (broad SMARTS) is 1. The molecule has 0 aliphatic heterocycles. The molecule has 0 aliphatic carbocycles. The molecule has 1 atom stereocenters. The average Bonchev–Trinajstić information content (AvgIpc) is 2.35. The Morgan fingerprint density at radius 3 is 2.48 bits per heavy atom. The molecule has 6 heteroatoms. The monoisotopic (exact) mass is 357 g/mol. The van der Waals surface area contributed by atoms with Gasteiger partial charge < -0.3 is 15.2 Å². The van der Waals surface area contributed by atoms with Gasteiger partial charge in [0.05, 0.1) is 11.6 Å². The Morgan fingerprint density at radius 1 is 1.38 bits per heavy atom. The van der Waals surface area contributed by atoms with Gasteiger partial charge in [-0.25, -0.2) is 9.59 Å². The van der Waals surface area contributed by atoms with Crippen LogP contribution >= 0.6 is 15.9 Å². The van der Waals surface area contributed by atoms with Crippen LogP contribution in [0.15, 0.2) is 18.2 Å². The lowest BCUT2D eigenvalue weighted by Crippen LogP contribution is -2.34. The van der Waals surface area contributed by atoms with Gasteiger partial charge in [0.1, 0.15) is 5.60 Å². The van der Waals surface area contributed by atoms with Crippen molar-refractivity contribution in [2.24, 2.45) is 0 Å². The van der Waals surface area contributed by atoms with Crippen LogP contribution in [-0.4, -0.2) is 22.8 Å². The summed E-state index contributed by atoms with van der Waals surface area (Å²) in [4.78, 5) is 22.8. The van der Waals surface area contributed by atoms with Crippen LogP contribution in [0.5, 0.6) is 0 Å². The fourth-order valence-electron chi connectivity index (χ4n) is 1.77. The van der Waals surface area contributed by atoms with Crippen molar-refractivity contribution in [1.82, 2.24) is 5.32 Å². The highest BCUT2D eigenvalue weighted by atomic mass is 79.9. The largest absolute Gasteiger partial charge is 0.478 e. The molecule has 0 saturated carbocycles. The third-order valence-corrected chi connectivity index (χ3v) is 3.34. The van der Waals surface area contributed by atoms with Crippen molar-refractivity contribution in [3.05, 3.63) is 34.9 Å². The normalized spacial score (nSPS) is 12.6. The summed E-state index contributed by atoms with van der Waals surface area (Å²) in [5.41, 5.74) is 1.18. The topological polar surface area (TPSA) is 75.6 Å². The van der Waals surface area contributed by atoms with Gasteiger partial charge in [0, 0.05) is 5.33 Å². The molecule has 21 heavy (non-hydrogen) atoms. The van der Waals surface area contributed by atoms with Crippen LogP contribution in [0.1, 0.15) is 55.2 Å². The minimum absolute atomic E-state index is 0.250. The van der Waals surface area contributed by atoms with Gasteiger partial charge in [0.25, 0.3) is 0 Å². The Balaban J connectivity index is 2.86. The number of carbonyl (C=O) groups is 2. The molecule has 0 aromatic heterocycles. The van der Waals surface area contributed by atoms with Gasteiger partial charge in [-0.1, -0.05) is 28.1 Å². The maximum atomic E-state index is 11.7. The van der Waals surface area contributed by atoms with Crippen LogP contribution in [0.25, 0.3) is 0 Å². The standard InChI is InChI=1S/C15H20BrNO4/c1-9(17-14(20)21-15(2,3)4)10-5-6-12(13(18)19)11(7-10)8-16/h5-7,9H,8H2,1-4H3,(H,17,20)(H,18,19). The molecule has 0 bridgehead atoms. The molecule has 116 valence electrons. The zero-order valence-electron chi connectivity index (χ0n) is 12.6. The van der Waals surface area contributed by atoms with Gasteiger partial charge in [-0.05, 0) is 44.9 Å². The van der Waals surface area contributed by atoms with E-state index in [1.807, 2.05) is 6.92 Å². The number of amides is 1. The Bertz CT molecular complexity index is 537. The Labute approximate surface area is 132 Å². The number of halogens is 1. The number of hydrogen-bond acceptors (Lipinski definition) is 3. The van der Waals surface area contributed by atoms with E-state index in [0.717, 1.165) is 5.56 Å². The second-order valence-corrected chi connectivity index (χ2v) is 6.28. The first kappa shape index (κ1) is 17.5. The van der Waals surface area contributed by atoms with Crippen molar-refractivity contribution in [2.75, 3.05) is 0 Å². The van der Waals surface area contributed by atoms with Gasteiger partial charge in [-0.15, -0.1) is 0 Å². The van der Waals surface area contributed by atoms with E-state index >= 15 is 0 Å². The zero-order valence-corrected chi connectivity index (χ0v) is 14.2. The molecular formula is C15H20BrNO4. The molecule has 5 nitrogen and oxygen atoms in total. The lowest BCUT2D eigenvalue weighted by Gasteiger charge is -2.22.